The molecule has 1 fully saturated rings. The molecule has 1 saturated heterocycles. The van der Waals surface area contributed by atoms with E-state index in [-0.39, 0.29) is 16.4 Å². The lowest BCUT2D eigenvalue weighted by atomic mass is 10.1. The molecule has 2 aromatic rings. The second-order valence-corrected chi connectivity index (χ2v) is 11.8. The molecule has 0 saturated carbocycles. The van der Waals surface area contributed by atoms with Crippen molar-refractivity contribution >= 4 is 31.3 Å². The van der Waals surface area contributed by atoms with E-state index in [4.69, 9.17) is 16.3 Å². The normalized spacial score (nSPS) is 21.2. The Morgan fingerprint density at radius 2 is 1.72 bits per heavy atom. The molecule has 158 valence electrons. The van der Waals surface area contributed by atoms with Crippen LogP contribution >= 0.6 is 11.6 Å². The third kappa shape index (κ3) is 5.51. The number of ether oxygens (including phenoxy) is 1. The molecule has 29 heavy (non-hydrogen) atoms. The van der Waals surface area contributed by atoms with E-state index in [1.54, 1.807) is 24.3 Å². The summed E-state index contributed by atoms with van der Waals surface area (Å²) in [6, 6.07) is 12.8. The van der Waals surface area contributed by atoms with Crippen molar-refractivity contribution in [3.8, 4) is 5.75 Å². The molecule has 6 nitrogen and oxygen atoms in total. The van der Waals surface area contributed by atoms with Crippen LogP contribution in [0.15, 0.2) is 53.4 Å². The van der Waals surface area contributed by atoms with Gasteiger partial charge in [0.25, 0.3) is 0 Å². The minimum Gasteiger partial charge on any atom is -0.494 e. The molecule has 9 heteroatoms. The topological polar surface area (TPSA) is 89.5 Å². The number of sulfone groups is 2. The van der Waals surface area contributed by atoms with Crippen LogP contribution < -0.4 is 10.1 Å². The van der Waals surface area contributed by atoms with Crippen LogP contribution in [-0.4, -0.2) is 52.8 Å². The molecule has 0 bridgehead atoms. The Balaban J connectivity index is 1.73. The van der Waals surface area contributed by atoms with Crippen LogP contribution in [0, 0.1) is 0 Å². The second-order valence-electron chi connectivity index (χ2n) is 7.00. The standard InChI is InChI=1S/C20H24ClNO5S2/c1-2-27-17-7-9-18(10-8-17)29(25,26)20-14-28(23,24)13-19(20)22-12-11-15-3-5-16(21)6-4-15/h3-10,19-20,22H,2,11-14H2,1H3/t19-,20-/m1/s1. The average molecular weight is 458 g/mol. The fraction of sp³-hybridized carbons (Fsp3) is 0.400. The molecule has 0 aliphatic carbocycles. The van der Waals surface area contributed by atoms with Crippen molar-refractivity contribution in [3.05, 3.63) is 59.1 Å². The molecule has 0 aromatic heterocycles. The minimum atomic E-state index is -3.81. The van der Waals surface area contributed by atoms with Crippen molar-refractivity contribution in [2.24, 2.45) is 0 Å². The van der Waals surface area contributed by atoms with Gasteiger partial charge in [-0.05, 0) is 61.9 Å². The summed E-state index contributed by atoms with van der Waals surface area (Å²) in [5.74, 6) is 0.0125. The molecule has 0 radical (unpaired) electrons. The smallest absolute Gasteiger partial charge is 0.183 e. The Morgan fingerprint density at radius 1 is 1.07 bits per heavy atom. The van der Waals surface area contributed by atoms with Crippen molar-refractivity contribution in [2.45, 2.75) is 29.5 Å². The first-order valence-corrected chi connectivity index (χ1v) is 13.1. The van der Waals surface area contributed by atoms with Gasteiger partial charge in [-0.1, -0.05) is 23.7 Å². The summed E-state index contributed by atoms with van der Waals surface area (Å²) in [7, 11) is -7.24. The number of rotatable bonds is 8. The Kier molecular flexibility index (Phi) is 6.88. The van der Waals surface area contributed by atoms with Gasteiger partial charge < -0.3 is 10.1 Å². The third-order valence-corrected chi connectivity index (χ3v) is 9.31. The van der Waals surface area contributed by atoms with Crippen molar-refractivity contribution in [2.75, 3.05) is 24.7 Å². The highest BCUT2D eigenvalue weighted by atomic mass is 35.5. The van der Waals surface area contributed by atoms with Gasteiger partial charge in [0, 0.05) is 11.1 Å². The Morgan fingerprint density at radius 3 is 2.34 bits per heavy atom. The summed E-state index contributed by atoms with van der Waals surface area (Å²) in [5, 5.41) is 2.77. The summed E-state index contributed by atoms with van der Waals surface area (Å²) in [4.78, 5) is 0.104. The number of nitrogens with one attached hydrogen (secondary N) is 1. The number of hydrogen-bond acceptors (Lipinski definition) is 6. The Bertz CT molecular complexity index is 1040. The van der Waals surface area contributed by atoms with Crippen molar-refractivity contribution in [1.82, 2.24) is 5.32 Å². The van der Waals surface area contributed by atoms with Crippen molar-refractivity contribution < 1.29 is 21.6 Å². The van der Waals surface area contributed by atoms with E-state index in [0.717, 1.165) is 5.56 Å². The molecule has 0 spiro atoms. The number of hydrogen-bond donors (Lipinski definition) is 1. The van der Waals surface area contributed by atoms with Gasteiger partial charge in [0.1, 0.15) is 5.75 Å². The van der Waals surface area contributed by atoms with E-state index in [2.05, 4.69) is 5.32 Å². The van der Waals surface area contributed by atoms with E-state index in [0.29, 0.717) is 30.3 Å². The Labute approximate surface area is 177 Å². The predicted octanol–water partition coefficient (Wildman–Crippen LogP) is 2.51. The van der Waals surface area contributed by atoms with E-state index < -0.39 is 31.0 Å². The summed E-state index contributed by atoms with van der Waals surface area (Å²) in [6.07, 6.45) is 0.642. The molecule has 0 unspecified atom stereocenters. The van der Waals surface area contributed by atoms with Crippen molar-refractivity contribution in [3.63, 3.8) is 0 Å². The molecular weight excluding hydrogens is 434 g/mol. The van der Waals surface area contributed by atoms with Crippen LogP contribution in [0.5, 0.6) is 5.75 Å². The molecule has 1 aliphatic rings. The molecule has 1 N–H and O–H groups in total. The summed E-state index contributed by atoms with van der Waals surface area (Å²) in [5.41, 5.74) is 1.04. The molecule has 2 atom stereocenters. The van der Waals surface area contributed by atoms with Gasteiger partial charge in [-0.2, -0.15) is 0 Å². The van der Waals surface area contributed by atoms with Gasteiger partial charge >= 0.3 is 0 Å². The quantitative estimate of drug-likeness (QED) is 0.655. The molecule has 0 amide bonds. The van der Waals surface area contributed by atoms with Gasteiger partial charge in [-0.15, -0.1) is 0 Å². The van der Waals surface area contributed by atoms with Gasteiger partial charge in [0.05, 0.1) is 28.3 Å². The highest BCUT2D eigenvalue weighted by Crippen LogP contribution is 2.27. The van der Waals surface area contributed by atoms with Crippen molar-refractivity contribution in [1.29, 1.82) is 0 Å². The van der Waals surface area contributed by atoms with Crippen LogP contribution in [0.2, 0.25) is 5.02 Å². The number of benzene rings is 2. The lowest BCUT2D eigenvalue weighted by molar-refractivity contribution is 0.340. The van der Waals surface area contributed by atoms with E-state index in [1.807, 2.05) is 19.1 Å². The summed E-state index contributed by atoms with van der Waals surface area (Å²) >= 11 is 5.88. The molecule has 1 aliphatic heterocycles. The van der Waals surface area contributed by atoms with E-state index >= 15 is 0 Å². The van der Waals surface area contributed by atoms with Crippen LogP contribution in [0.25, 0.3) is 0 Å². The lowest BCUT2D eigenvalue weighted by Gasteiger charge is -2.20. The zero-order valence-electron chi connectivity index (χ0n) is 16.0. The highest BCUT2D eigenvalue weighted by Gasteiger charge is 2.45. The van der Waals surface area contributed by atoms with Gasteiger partial charge in [0.15, 0.2) is 19.7 Å². The average Bonchev–Trinajstić information content (AvgIpc) is 2.99. The minimum absolute atomic E-state index is 0.104. The zero-order chi connectivity index (χ0) is 21.1. The summed E-state index contributed by atoms with van der Waals surface area (Å²) < 4.78 is 56.0. The molecule has 2 aromatic carbocycles. The maximum Gasteiger partial charge on any atom is 0.183 e. The van der Waals surface area contributed by atoms with Crippen LogP contribution in [0.4, 0.5) is 0 Å². The van der Waals surface area contributed by atoms with Crippen LogP contribution in [-0.2, 0) is 26.1 Å². The SMILES string of the molecule is CCOc1ccc(S(=O)(=O)[C@@H]2CS(=O)(=O)C[C@H]2NCCc2ccc(Cl)cc2)cc1. The maximum absolute atomic E-state index is 13.1. The molecular formula is C20H24ClNO5S2. The zero-order valence-corrected chi connectivity index (χ0v) is 18.4. The second kappa shape index (κ2) is 9.04. The fourth-order valence-electron chi connectivity index (χ4n) is 3.43. The van der Waals surface area contributed by atoms with E-state index in [9.17, 15) is 16.8 Å². The monoisotopic (exact) mass is 457 g/mol. The first-order valence-electron chi connectivity index (χ1n) is 9.36. The fourth-order valence-corrected chi connectivity index (χ4v) is 8.27. The maximum atomic E-state index is 13.1. The Hall–Kier alpha value is -1.61. The predicted molar refractivity (Wildman–Crippen MR) is 114 cm³/mol. The first-order chi connectivity index (χ1) is 13.7. The first kappa shape index (κ1) is 22.1. The van der Waals surface area contributed by atoms with Crippen LogP contribution in [0.1, 0.15) is 12.5 Å². The molecule has 3 rings (SSSR count). The van der Waals surface area contributed by atoms with Gasteiger partial charge in [0.2, 0.25) is 0 Å². The van der Waals surface area contributed by atoms with Crippen LogP contribution in [0.3, 0.4) is 0 Å². The third-order valence-electron chi connectivity index (χ3n) is 4.90. The molecule has 1 heterocycles. The number of halogens is 1. The van der Waals surface area contributed by atoms with Gasteiger partial charge in [-0.3, -0.25) is 0 Å². The largest absolute Gasteiger partial charge is 0.494 e. The highest BCUT2D eigenvalue weighted by molar-refractivity contribution is 7.96. The lowest BCUT2D eigenvalue weighted by Crippen LogP contribution is -2.44. The summed E-state index contributed by atoms with van der Waals surface area (Å²) in [6.45, 7) is 2.79. The van der Waals surface area contributed by atoms with E-state index in [1.165, 1.54) is 12.1 Å². The van der Waals surface area contributed by atoms with Gasteiger partial charge in [-0.25, -0.2) is 16.8 Å².